The van der Waals surface area contributed by atoms with Gasteiger partial charge in [-0.3, -0.25) is 0 Å². The van der Waals surface area contributed by atoms with Gasteiger partial charge in [-0.05, 0) is 17.7 Å². The van der Waals surface area contributed by atoms with Gasteiger partial charge in [0.25, 0.3) is 6.23 Å². The summed E-state index contributed by atoms with van der Waals surface area (Å²) in [5.74, 6) is -1.94. The summed E-state index contributed by atoms with van der Waals surface area (Å²) in [4.78, 5) is 28.5. The minimum Gasteiger partial charge on any atom is -0.621 e. The first kappa shape index (κ1) is 21.8. The number of carbonyl (C=O) groups excluding carboxylic acids is 2. The molecular formula is C21H21NO7. The van der Waals surface area contributed by atoms with Gasteiger partial charge in [0.1, 0.15) is 0 Å². The normalized spacial score (nSPS) is 12.4. The second-order valence-corrected chi connectivity index (χ2v) is 5.87. The van der Waals surface area contributed by atoms with Crippen molar-refractivity contribution in [2.45, 2.75) is 12.6 Å². The highest BCUT2D eigenvalue weighted by atomic mass is 17.1. The van der Waals surface area contributed by atoms with E-state index in [1.165, 1.54) is 0 Å². The van der Waals surface area contributed by atoms with Gasteiger partial charge >= 0.3 is 11.9 Å². The standard InChI is InChI=1S/C21H21NO7/c1-27-20(23)17(21(24)28-2)14-18(16-11-7-4-8-12-16)22(25)19(29-26)13-15-9-5-3-6-10-15/h3-12,14,19,26H,13H2,1-2H3/b22-18+. The van der Waals surface area contributed by atoms with Gasteiger partial charge in [0.05, 0.1) is 20.6 Å². The van der Waals surface area contributed by atoms with E-state index in [0.29, 0.717) is 10.3 Å². The fourth-order valence-corrected chi connectivity index (χ4v) is 2.57. The summed E-state index contributed by atoms with van der Waals surface area (Å²) in [6.07, 6.45) is -0.228. The Balaban J connectivity index is 2.60. The summed E-state index contributed by atoms with van der Waals surface area (Å²) in [6, 6.07) is 17.2. The number of hydrogen-bond donors (Lipinski definition) is 1. The van der Waals surface area contributed by atoms with Crippen molar-refractivity contribution in [2.24, 2.45) is 0 Å². The first-order chi connectivity index (χ1) is 14.0. The highest BCUT2D eigenvalue weighted by molar-refractivity contribution is 6.20. The van der Waals surface area contributed by atoms with Crippen molar-refractivity contribution in [2.75, 3.05) is 14.2 Å². The summed E-state index contributed by atoms with van der Waals surface area (Å²) in [6.45, 7) is 0. The molecule has 0 heterocycles. The average Bonchev–Trinajstić information content (AvgIpc) is 2.78. The highest BCUT2D eigenvalue weighted by Crippen LogP contribution is 2.12. The smallest absolute Gasteiger partial charge is 0.345 e. The predicted molar refractivity (Wildman–Crippen MR) is 104 cm³/mol. The molecule has 8 nitrogen and oxygen atoms in total. The highest BCUT2D eigenvalue weighted by Gasteiger charge is 2.27. The quantitative estimate of drug-likeness (QED) is 0.0693. The maximum absolute atomic E-state index is 13.1. The zero-order chi connectivity index (χ0) is 21.2. The number of nitrogens with zero attached hydrogens (tertiary/aromatic N) is 1. The zero-order valence-electron chi connectivity index (χ0n) is 16.0. The van der Waals surface area contributed by atoms with Crippen LogP contribution in [0.5, 0.6) is 0 Å². The van der Waals surface area contributed by atoms with E-state index in [1.54, 1.807) is 54.6 Å². The molecule has 0 spiro atoms. The lowest BCUT2D eigenvalue weighted by Crippen LogP contribution is -2.32. The molecule has 2 rings (SSSR count). The van der Waals surface area contributed by atoms with Crippen LogP contribution in [-0.4, -0.2) is 48.1 Å². The Labute approximate surface area is 167 Å². The van der Waals surface area contributed by atoms with Crippen molar-refractivity contribution in [3.8, 4) is 0 Å². The molecule has 0 aliphatic carbocycles. The van der Waals surface area contributed by atoms with E-state index in [1.807, 2.05) is 6.07 Å². The summed E-state index contributed by atoms with van der Waals surface area (Å²) in [5.41, 5.74) is 0.561. The first-order valence-corrected chi connectivity index (χ1v) is 8.63. The second-order valence-electron chi connectivity index (χ2n) is 5.87. The van der Waals surface area contributed by atoms with Gasteiger partial charge in [-0.1, -0.05) is 48.5 Å². The predicted octanol–water partition coefficient (Wildman–Crippen LogP) is 2.32. The van der Waals surface area contributed by atoms with Crippen LogP contribution in [0.15, 0.2) is 72.3 Å². The molecule has 1 N–H and O–H groups in total. The van der Waals surface area contributed by atoms with Crippen LogP contribution in [0, 0.1) is 5.21 Å². The third-order valence-electron chi connectivity index (χ3n) is 4.04. The lowest BCUT2D eigenvalue weighted by atomic mass is 10.1. The van der Waals surface area contributed by atoms with E-state index in [4.69, 9.17) is 0 Å². The Bertz CT molecular complexity index is 874. The number of esters is 2. The van der Waals surface area contributed by atoms with Crippen molar-refractivity contribution in [1.29, 1.82) is 0 Å². The Hall–Kier alpha value is -3.49. The van der Waals surface area contributed by atoms with Crippen molar-refractivity contribution in [3.63, 3.8) is 0 Å². The van der Waals surface area contributed by atoms with E-state index in [-0.39, 0.29) is 12.1 Å². The fraction of sp³-hybridized carbons (Fsp3) is 0.190. The molecular weight excluding hydrogens is 378 g/mol. The molecule has 0 fully saturated rings. The van der Waals surface area contributed by atoms with Crippen molar-refractivity contribution in [1.82, 2.24) is 0 Å². The summed E-state index contributed by atoms with van der Waals surface area (Å²) < 4.78 is 9.61. The van der Waals surface area contributed by atoms with Gasteiger partial charge in [-0.25, -0.2) is 14.8 Å². The number of hydroxylamine groups is 1. The molecule has 2 aromatic carbocycles. The summed E-state index contributed by atoms with van der Waals surface area (Å²) >= 11 is 0. The van der Waals surface area contributed by atoms with Gasteiger partial charge < -0.3 is 14.7 Å². The Morgan fingerprint density at radius 3 is 2.00 bits per heavy atom. The zero-order valence-corrected chi connectivity index (χ0v) is 16.0. The molecule has 0 aliphatic rings. The number of carbonyl (C=O) groups is 2. The van der Waals surface area contributed by atoms with E-state index in [0.717, 1.165) is 25.9 Å². The molecule has 152 valence electrons. The molecule has 0 radical (unpaired) electrons. The number of benzene rings is 2. The van der Waals surface area contributed by atoms with Crippen LogP contribution in [0.1, 0.15) is 11.1 Å². The van der Waals surface area contributed by atoms with Gasteiger partial charge in [0.2, 0.25) is 5.71 Å². The lowest BCUT2D eigenvalue weighted by Gasteiger charge is -2.17. The van der Waals surface area contributed by atoms with Crippen LogP contribution in [0.25, 0.3) is 0 Å². The molecule has 2 aromatic rings. The molecule has 0 aliphatic heterocycles. The van der Waals surface area contributed by atoms with Gasteiger partial charge in [0.15, 0.2) is 5.57 Å². The number of allylic oxidation sites excluding steroid dienone is 1. The fourth-order valence-electron chi connectivity index (χ4n) is 2.57. The number of ether oxygens (including phenoxy) is 2. The van der Waals surface area contributed by atoms with Crippen molar-refractivity contribution < 1.29 is 33.9 Å². The number of rotatable bonds is 8. The topological polar surface area (TPSA) is 108 Å². The van der Waals surface area contributed by atoms with Gasteiger partial charge in [-0.15, -0.1) is 0 Å². The molecule has 0 amide bonds. The van der Waals surface area contributed by atoms with E-state index in [2.05, 4.69) is 14.4 Å². The SMILES string of the molecule is COC(=O)C(=C/C(c1ccccc1)=[N+](\[O-])C(Cc1ccccc1)OO)C(=O)OC. The van der Waals surface area contributed by atoms with E-state index in [9.17, 15) is 20.1 Å². The molecule has 0 bridgehead atoms. The largest absolute Gasteiger partial charge is 0.621 e. The third kappa shape index (κ3) is 5.74. The van der Waals surface area contributed by atoms with Crippen molar-refractivity contribution in [3.05, 3.63) is 88.6 Å². The van der Waals surface area contributed by atoms with E-state index >= 15 is 0 Å². The average molecular weight is 399 g/mol. The molecule has 0 saturated heterocycles. The van der Waals surface area contributed by atoms with Crippen LogP contribution in [0.2, 0.25) is 0 Å². The lowest BCUT2D eigenvalue weighted by molar-refractivity contribution is -0.599. The minimum absolute atomic E-state index is 0.0524. The monoisotopic (exact) mass is 399 g/mol. The van der Waals surface area contributed by atoms with Gasteiger partial charge in [0, 0.05) is 11.6 Å². The van der Waals surface area contributed by atoms with Crippen LogP contribution in [0.3, 0.4) is 0 Å². The minimum atomic E-state index is -1.33. The summed E-state index contributed by atoms with van der Waals surface area (Å²) in [7, 11) is 2.20. The maximum Gasteiger partial charge on any atom is 0.345 e. The Morgan fingerprint density at radius 1 is 1.00 bits per heavy atom. The van der Waals surface area contributed by atoms with E-state index < -0.39 is 23.7 Å². The molecule has 8 heteroatoms. The molecule has 0 aromatic heterocycles. The Morgan fingerprint density at radius 2 is 1.52 bits per heavy atom. The molecule has 1 unspecified atom stereocenters. The van der Waals surface area contributed by atoms with Gasteiger partial charge in [-0.2, -0.15) is 9.63 Å². The molecule has 1 atom stereocenters. The van der Waals surface area contributed by atoms with Crippen molar-refractivity contribution >= 4 is 17.7 Å². The van der Waals surface area contributed by atoms with Crippen LogP contribution >= 0.6 is 0 Å². The molecule has 0 saturated carbocycles. The van der Waals surface area contributed by atoms with Crippen LogP contribution < -0.4 is 0 Å². The Kier molecular flexibility index (Phi) is 8.08. The second kappa shape index (κ2) is 10.7. The molecule has 29 heavy (non-hydrogen) atoms. The third-order valence-corrected chi connectivity index (χ3v) is 4.04. The number of methoxy groups -OCH3 is 2. The van der Waals surface area contributed by atoms with Crippen LogP contribution in [-0.2, 0) is 30.4 Å². The summed E-state index contributed by atoms with van der Waals surface area (Å²) in [5, 5.41) is 22.4. The maximum atomic E-state index is 13.1. The van der Waals surface area contributed by atoms with Crippen LogP contribution in [0.4, 0.5) is 0 Å². The first-order valence-electron chi connectivity index (χ1n) is 8.63. The number of hydrogen-bond acceptors (Lipinski definition) is 7.